The van der Waals surface area contributed by atoms with Crippen LogP contribution in [0.5, 0.6) is 0 Å². The van der Waals surface area contributed by atoms with Crippen LogP contribution in [0.2, 0.25) is 0 Å². The Morgan fingerprint density at radius 3 is 2.82 bits per heavy atom. The van der Waals surface area contributed by atoms with E-state index in [1.54, 1.807) is 11.9 Å². The van der Waals surface area contributed by atoms with Gasteiger partial charge in [0, 0.05) is 18.7 Å². The first-order valence-electron chi connectivity index (χ1n) is 3.78. The Labute approximate surface area is 72.2 Å². The summed E-state index contributed by atoms with van der Waals surface area (Å²) in [7, 11) is 0. The number of hydrogen-bond acceptors (Lipinski definition) is 3. The average molecular weight is 176 g/mol. The van der Waals surface area contributed by atoms with Gasteiger partial charge in [-0.05, 0) is 24.8 Å². The van der Waals surface area contributed by atoms with Crippen LogP contribution in [0.15, 0.2) is 0 Å². The molecule has 0 aromatic carbocycles. The Kier molecular flexibility index (Phi) is 5.32. The third-order valence-electron chi connectivity index (χ3n) is 1.48. The minimum absolute atomic E-state index is 0. The Morgan fingerprint density at radius 2 is 2.36 bits per heavy atom. The van der Waals surface area contributed by atoms with Gasteiger partial charge in [0.15, 0.2) is 0 Å². The first-order chi connectivity index (χ1) is 4.84. The van der Waals surface area contributed by atoms with Crippen LogP contribution in [0, 0.1) is 0 Å². The monoisotopic (exact) mass is 176 g/mol. The van der Waals surface area contributed by atoms with Crippen LogP contribution in [-0.4, -0.2) is 22.5 Å². The van der Waals surface area contributed by atoms with E-state index in [0.29, 0.717) is 5.91 Å². The highest BCUT2D eigenvalue weighted by Crippen LogP contribution is 2.19. The molecule has 1 aliphatic heterocycles. The summed E-state index contributed by atoms with van der Waals surface area (Å²) in [5, 5.41) is 0. The van der Waals surface area contributed by atoms with Crippen LogP contribution in [0.25, 0.3) is 0 Å². The van der Waals surface area contributed by atoms with Crippen molar-refractivity contribution in [1.82, 2.24) is 10.5 Å². The molecular weight excluding hydrogens is 160 g/mol. The van der Waals surface area contributed by atoms with Gasteiger partial charge >= 0.3 is 0 Å². The lowest BCUT2D eigenvalue weighted by Crippen LogP contribution is -2.16. The quantitative estimate of drug-likeness (QED) is 0.667. The fourth-order valence-electron chi connectivity index (χ4n) is 0.961. The van der Waals surface area contributed by atoms with E-state index in [1.165, 1.54) is 0 Å². The van der Waals surface area contributed by atoms with Crippen molar-refractivity contribution in [1.29, 1.82) is 0 Å². The van der Waals surface area contributed by atoms with Crippen molar-refractivity contribution in [2.75, 3.05) is 12.3 Å². The molecular formula is C7H16N2OS. The van der Waals surface area contributed by atoms with Crippen LogP contribution in [0.3, 0.4) is 0 Å². The van der Waals surface area contributed by atoms with Crippen molar-refractivity contribution in [3.05, 3.63) is 0 Å². The Hall–Kier alpha value is -0.220. The number of amides is 1. The van der Waals surface area contributed by atoms with Gasteiger partial charge in [0.25, 0.3) is 0 Å². The fraction of sp³-hybridized carbons (Fsp3) is 0.857. The van der Waals surface area contributed by atoms with Gasteiger partial charge in [0.05, 0.1) is 0 Å². The summed E-state index contributed by atoms with van der Waals surface area (Å²) in [6, 6.07) is 0. The molecule has 1 fully saturated rings. The third kappa shape index (κ3) is 3.12. The molecule has 0 radical (unpaired) electrons. The standard InChI is InChI=1S/C7H13NOS.H3N/c1-2-6-10-8-5-3-4-7(8)9;/h2-6H2,1H3;1H3. The number of rotatable bonds is 3. The molecule has 0 bridgehead atoms. The summed E-state index contributed by atoms with van der Waals surface area (Å²) in [4.78, 5) is 11.0. The van der Waals surface area contributed by atoms with Crippen LogP contribution in [0.4, 0.5) is 0 Å². The lowest BCUT2D eigenvalue weighted by Gasteiger charge is -2.12. The Bertz CT molecular complexity index is 130. The molecule has 0 unspecified atom stereocenters. The molecule has 66 valence electrons. The third-order valence-corrected chi connectivity index (χ3v) is 2.77. The van der Waals surface area contributed by atoms with Gasteiger partial charge in [-0.2, -0.15) is 0 Å². The minimum atomic E-state index is 0. The molecule has 0 spiro atoms. The van der Waals surface area contributed by atoms with E-state index in [-0.39, 0.29) is 6.15 Å². The van der Waals surface area contributed by atoms with Gasteiger partial charge in [-0.1, -0.05) is 6.92 Å². The smallest absolute Gasteiger partial charge is 0.232 e. The lowest BCUT2D eigenvalue weighted by molar-refractivity contribution is -0.123. The van der Waals surface area contributed by atoms with E-state index in [9.17, 15) is 4.79 Å². The molecule has 4 heteroatoms. The Balaban J connectivity index is 0.000001000. The van der Waals surface area contributed by atoms with Crippen molar-refractivity contribution in [3.63, 3.8) is 0 Å². The predicted molar refractivity (Wildman–Crippen MR) is 48.7 cm³/mol. The largest absolute Gasteiger partial charge is 0.344 e. The van der Waals surface area contributed by atoms with Gasteiger partial charge in [0.1, 0.15) is 0 Å². The molecule has 3 nitrogen and oxygen atoms in total. The highest BCUT2D eigenvalue weighted by Gasteiger charge is 2.19. The zero-order valence-corrected chi connectivity index (χ0v) is 7.82. The zero-order chi connectivity index (χ0) is 7.40. The van der Waals surface area contributed by atoms with Gasteiger partial charge in [0.2, 0.25) is 5.91 Å². The van der Waals surface area contributed by atoms with Crippen LogP contribution in [-0.2, 0) is 4.79 Å². The van der Waals surface area contributed by atoms with Crippen molar-refractivity contribution in [3.8, 4) is 0 Å². The molecule has 0 aromatic rings. The van der Waals surface area contributed by atoms with Gasteiger partial charge in [-0.25, -0.2) is 0 Å². The van der Waals surface area contributed by atoms with E-state index in [4.69, 9.17) is 0 Å². The second-order valence-electron chi connectivity index (χ2n) is 2.43. The molecule has 1 rings (SSSR count). The maximum Gasteiger partial charge on any atom is 0.232 e. The van der Waals surface area contributed by atoms with Crippen molar-refractivity contribution in [2.45, 2.75) is 26.2 Å². The van der Waals surface area contributed by atoms with E-state index >= 15 is 0 Å². The zero-order valence-electron chi connectivity index (χ0n) is 7.01. The van der Waals surface area contributed by atoms with Crippen molar-refractivity contribution < 1.29 is 4.79 Å². The molecule has 11 heavy (non-hydrogen) atoms. The molecule has 1 amide bonds. The summed E-state index contributed by atoms with van der Waals surface area (Å²) < 4.78 is 1.89. The molecule has 1 saturated heterocycles. The van der Waals surface area contributed by atoms with Gasteiger partial charge in [-0.3, -0.25) is 9.10 Å². The predicted octanol–water partition coefficient (Wildman–Crippen LogP) is 1.83. The lowest BCUT2D eigenvalue weighted by atomic mass is 10.4. The number of hydrogen-bond donors (Lipinski definition) is 1. The van der Waals surface area contributed by atoms with Crippen molar-refractivity contribution >= 4 is 17.9 Å². The highest BCUT2D eigenvalue weighted by molar-refractivity contribution is 7.97. The van der Waals surface area contributed by atoms with Crippen LogP contribution in [0.1, 0.15) is 26.2 Å². The van der Waals surface area contributed by atoms with E-state index in [1.807, 2.05) is 4.31 Å². The molecule has 0 aliphatic carbocycles. The summed E-state index contributed by atoms with van der Waals surface area (Å²) >= 11 is 1.68. The topological polar surface area (TPSA) is 55.3 Å². The second-order valence-corrected chi connectivity index (χ2v) is 3.54. The summed E-state index contributed by atoms with van der Waals surface area (Å²) in [5.41, 5.74) is 0. The first kappa shape index (κ1) is 10.8. The van der Waals surface area contributed by atoms with E-state index in [0.717, 1.165) is 31.6 Å². The highest BCUT2D eigenvalue weighted by atomic mass is 32.2. The minimum Gasteiger partial charge on any atom is -0.344 e. The summed E-state index contributed by atoms with van der Waals surface area (Å²) in [6.07, 6.45) is 2.96. The Morgan fingerprint density at radius 1 is 1.64 bits per heavy atom. The fourth-order valence-corrected chi connectivity index (χ4v) is 1.86. The van der Waals surface area contributed by atoms with Crippen LogP contribution < -0.4 is 6.15 Å². The van der Waals surface area contributed by atoms with E-state index < -0.39 is 0 Å². The molecule has 1 aliphatic rings. The number of carbonyl (C=O) groups is 1. The molecule has 0 saturated carbocycles. The maximum absolute atomic E-state index is 11.0. The van der Waals surface area contributed by atoms with Gasteiger partial charge in [-0.15, -0.1) is 0 Å². The van der Waals surface area contributed by atoms with Crippen molar-refractivity contribution in [2.24, 2.45) is 0 Å². The maximum atomic E-state index is 11.0. The number of nitrogens with zero attached hydrogens (tertiary/aromatic N) is 1. The average Bonchev–Trinajstić information content (AvgIpc) is 2.31. The SMILES string of the molecule is CCCSN1CCCC1=O.N. The molecule has 0 atom stereocenters. The number of carbonyl (C=O) groups excluding carboxylic acids is 1. The normalized spacial score (nSPS) is 16.8. The van der Waals surface area contributed by atoms with E-state index in [2.05, 4.69) is 6.92 Å². The van der Waals surface area contributed by atoms with Crippen LogP contribution >= 0.6 is 11.9 Å². The molecule has 1 heterocycles. The molecule has 3 N–H and O–H groups in total. The summed E-state index contributed by atoms with van der Waals surface area (Å²) in [6.45, 7) is 3.09. The second kappa shape index (κ2) is 5.43. The van der Waals surface area contributed by atoms with Gasteiger partial charge < -0.3 is 6.15 Å². The molecule has 0 aromatic heterocycles. The summed E-state index contributed by atoms with van der Waals surface area (Å²) in [5.74, 6) is 1.39. The first-order valence-corrected chi connectivity index (χ1v) is 4.72.